The van der Waals surface area contributed by atoms with Crippen LogP contribution in [0.4, 0.5) is 0 Å². The van der Waals surface area contributed by atoms with Gasteiger partial charge in [0, 0.05) is 0 Å². The van der Waals surface area contributed by atoms with Crippen LogP contribution in [0, 0.1) is 17.3 Å². The lowest BCUT2D eigenvalue weighted by Gasteiger charge is -2.33. The van der Waals surface area contributed by atoms with E-state index in [-0.39, 0.29) is 5.91 Å². The van der Waals surface area contributed by atoms with Gasteiger partial charge in [-0.05, 0) is 44.9 Å². The number of nitrogens with one attached hydrogen (secondary N) is 1. The van der Waals surface area contributed by atoms with Crippen molar-refractivity contribution in [3.8, 4) is 0 Å². The Morgan fingerprint density at radius 3 is 2.29 bits per heavy atom. The number of hydrogen-bond donors (Lipinski definition) is 2. The standard InChI is InChI=1S/C13H26N2O2/c1-9-5-10(2)7-11(6-9)17-8-13(3,4)12(16)15-14/h9-11H,5-8,14H2,1-4H3,(H,15,16). The van der Waals surface area contributed by atoms with Crippen LogP contribution in [0.1, 0.15) is 47.0 Å². The lowest BCUT2D eigenvalue weighted by Crippen LogP contribution is -2.44. The second-order valence-corrected chi connectivity index (χ2v) is 6.21. The van der Waals surface area contributed by atoms with Crippen LogP contribution >= 0.6 is 0 Å². The van der Waals surface area contributed by atoms with Crippen molar-refractivity contribution in [3.63, 3.8) is 0 Å². The monoisotopic (exact) mass is 242 g/mol. The van der Waals surface area contributed by atoms with E-state index in [2.05, 4.69) is 19.3 Å². The van der Waals surface area contributed by atoms with E-state index >= 15 is 0 Å². The van der Waals surface area contributed by atoms with Gasteiger partial charge in [-0.3, -0.25) is 10.2 Å². The summed E-state index contributed by atoms with van der Waals surface area (Å²) in [4.78, 5) is 11.5. The fourth-order valence-electron chi connectivity index (χ4n) is 2.60. The molecule has 1 aliphatic carbocycles. The summed E-state index contributed by atoms with van der Waals surface area (Å²) >= 11 is 0. The van der Waals surface area contributed by atoms with Crippen LogP contribution in [0.5, 0.6) is 0 Å². The average Bonchev–Trinajstić information content (AvgIpc) is 2.24. The SMILES string of the molecule is CC1CC(C)CC(OCC(C)(C)C(=O)NN)C1. The van der Waals surface area contributed by atoms with Gasteiger partial charge in [0.2, 0.25) is 5.91 Å². The zero-order chi connectivity index (χ0) is 13.1. The Morgan fingerprint density at radius 1 is 1.29 bits per heavy atom. The molecule has 3 N–H and O–H groups in total. The summed E-state index contributed by atoms with van der Waals surface area (Å²) in [5.41, 5.74) is 1.63. The fraction of sp³-hybridized carbons (Fsp3) is 0.923. The fourth-order valence-corrected chi connectivity index (χ4v) is 2.60. The van der Waals surface area contributed by atoms with Gasteiger partial charge in [0.05, 0.1) is 18.1 Å². The Hall–Kier alpha value is -0.610. The molecular weight excluding hydrogens is 216 g/mol. The molecule has 0 aromatic carbocycles. The topological polar surface area (TPSA) is 64.3 Å². The normalized spacial score (nSPS) is 30.1. The molecule has 2 unspecified atom stereocenters. The summed E-state index contributed by atoms with van der Waals surface area (Å²) in [6.45, 7) is 8.67. The van der Waals surface area contributed by atoms with Crippen molar-refractivity contribution in [3.05, 3.63) is 0 Å². The molecule has 0 aromatic rings. The van der Waals surface area contributed by atoms with Crippen LogP contribution in [-0.4, -0.2) is 18.6 Å². The number of amides is 1. The molecule has 100 valence electrons. The van der Waals surface area contributed by atoms with Crippen molar-refractivity contribution in [2.24, 2.45) is 23.1 Å². The van der Waals surface area contributed by atoms with Crippen molar-refractivity contribution >= 4 is 5.91 Å². The third-order valence-corrected chi connectivity index (χ3v) is 3.56. The van der Waals surface area contributed by atoms with Crippen molar-refractivity contribution in [1.29, 1.82) is 0 Å². The molecule has 1 saturated carbocycles. The molecule has 0 saturated heterocycles. The third kappa shape index (κ3) is 4.28. The Morgan fingerprint density at radius 2 is 1.82 bits per heavy atom. The summed E-state index contributed by atoms with van der Waals surface area (Å²) in [5.74, 6) is 6.42. The molecule has 0 aliphatic heterocycles. The summed E-state index contributed by atoms with van der Waals surface area (Å²) in [6.07, 6.45) is 3.78. The minimum atomic E-state index is -0.557. The van der Waals surface area contributed by atoms with Gasteiger partial charge in [-0.15, -0.1) is 0 Å². The van der Waals surface area contributed by atoms with E-state index in [9.17, 15) is 4.79 Å². The van der Waals surface area contributed by atoms with Gasteiger partial charge in [0.15, 0.2) is 0 Å². The van der Waals surface area contributed by atoms with E-state index in [0.29, 0.717) is 12.7 Å². The van der Waals surface area contributed by atoms with Gasteiger partial charge in [0.1, 0.15) is 0 Å². The first kappa shape index (κ1) is 14.5. The molecule has 4 nitrogen and oxygen atoms in total. The second-order valence-electron chi connectivity index (χ2n) is 6.21. The summed E-state index contributed by atoms with van der Waals surface area (Å²) in [6, 6.07) is 0. The third-order valence-electron chi connectivity index (χ3n) is 3.56. The lowest BCUT2D eigenvalue weighted by molar-refractivity contribution is -0.135. The quantitative estimate of drug-likeness (QED) is 0.449. The predicted octanol–water partition coefficient (Wildman–Crippen LogP) is 1.84. The number of hydrazine groups is 1. The van der Waals surface area contributed by atoms with Crippen LogP contribution < -0.4 is 11.3 Å². The number of ether oxygens (including phenoxy) is 1. The number of hydrogen-bond acceptors (Lipinski definition) is 3. The minimum Gasteiger partial charge on any atom is -0.377 e. The Labute approximate surface area is 104 Å². The molecule has 1 aliphatic rings. The van der Waals surface area contributed by atoms with E-state index < -0.39 is 5.41 Å². The summed E-state index contributed by atoms with van der Waals surface area (Å²) in [7, 11) is 0. The highest BCUT2D eigenvalue weighted by molar-refractivity contribution is 5.81. The zero-order valence-corrected chi connectivity index (χ0v) is 11.5. The molecule has 0 spiro atoms. The molecule has 0 bridgehead atoms. The first-order chi connectivity index (χ1) is 7.85. The molecule has 1 fully saturated rings. The van der Waals surface area contributed by atoms with E-state index in [4.69, 9.17) is 10.6 Å². The van der Waals surface area contributed by atoms with Gasteiger partial charge in [0.25, 0.3) is 0 Å². The molecule has 4 heteroatoms. The number of carbonyl (C=O) groups excluding carboxylic acids is 1. The van der Waals surface area contributed by atoms with Crippen molar-refractivity contribution < 1.29 is 9.53 Å². The first-order valence-electron chi connectivity index (χ1n) is 6.47. The second kappa shape index (κ2) is 5.83. The zero-order valence-electron chi connectivity index (χ0n) is 11.5. The van der Waals surface area contributed by atoms with Crippen LogP contribution in [-0.2, 0) is 9.53 Å². The largest absolute Gasteiger partial charge is 0.377 e. The van der Waals surface area contributed by atoms with E-state index in [1.165, 1.54) is 6.42 Å². The molecule has 1 amide bonds. The highest BCUT2D eigenvalue weighted by Gasteiger charge is 2.31. The Kier molecular flexibility index (Phi) is 4.95. The van der Waals surface area contributed by atoms with Crippen molar-refractivity contribution in [1.82, 2.24) is 5.43 Å². The maximum Gasteiger partial charge on any atom is 0.241 e. The molecule has 17 heavy (non-hydrogen) atoms. The first-order valence-corrected chi connectivity index (χ1v) is 6.47. The number of rotatable bonds is 4. The summed E-state index contributed by atoms with van der Waals surface area (Å²) < 4.78 is 5.90. The van der Waals surface area contributed by atoms with E-state index in [1.54, 1.807) is 0 Å². The van der Waals surface area contributed by atoms with Crippen LogP contribution in [0.25, 0.3) is 0 Å². The van der Waals surface area contributed by atoms with E-state index in [0.717, 1.165) is 24.7 Å². The van der Waals surface area contributed by atoms with Gasteiger partial charge in [-0.25, -0.2) is 5.84 Å². The molecule has 1 rings (SSSR count). The highest BCUT2D eigenvalue weighted by Crippen LogP contribution is 2.31. The highest BCUT2D eigenvalue weighted by atomic mass is 16.5. The van der Waals surface area contributed by atoms with Gasteiger partial charge < -0.3 is 4.74 Å². The molecule has 2 atom stereocenters. The maximum absolute atomic E-state index is 11.5. The predicted molar refractivity (Wildman–Crippen MR) is 68.0 cm³/mol. The lowest BCUT2D eigenvalue weighted by atomic mass is 9.81. The average molecular weight is 242 g/mol. The molecule has 0 aromatic heterocycles. The van der Waals surface area contributed by atoms with Crippen molar-refractivity contribution in [2.45, 2.75) is 53.1 Å². The number of nitrogens with two attached hydrogens (primary N) is 1. The Bertz CT molecular complexity index is 256. The van der Waals surface area contributed by atoms with Crippen molar-refractivity contribution in [2.75, 3.05) is 6.61 Å². The maximum atomic E-state index is 11.5. The minimum absolute atomic E-state index is 0.172. The van der Waals surface area contributed by atoms with Crippen LogP contribution in [0.2, 0.25) is 0 Å². The van der Waals surface area contributed by atoms with Crippen LogP contribution in [0.3, 0.4) is 0 Å². The molecule has 0 radical (unpaired) electrons. The molecule has 0 heterocycles. The smallest absolute Gasteiger partial charge is 0.241 e. The van der Waals surface area contributed by atoms with Gasteiger partial charge >= 0.3 is 0 Å². The number of carbonyl (C=O) groups is 1. The van der Waals surface area contributed by atoms with E-state index in [1.807, 2.05) is 13.8 Å². The van der Waals surface area contributed by atoms with Gasteiger partial charge in [-0.2, -0.15) is 0 Å². The van der Waals surface area contributed by atoms with Gasteiger partial charge in [-0.1, -0.05) is 13.8 Å². The Balaban J connectivity index is 2.42. The van der Waals surface area contributed by atoms with Crippen LogP contribution in [0.15, 0.2) is 0 Å². The summed E-state index contributed by atoms with van der Waals surface area (Å²) in [5, 5.41) is 0. The molecular formula is C13H26N2O2.